The van der Waals surface area contributed by atoms with Crippen LogP contribution in [0.3, 0.4) is 0 Å². The van der Waals surface area contributed by atoms with Gasteiger partial charge in [-0.05, 0) is 12.5 Å². The third-order valence-corrected chi connectivity index (χ3v) is 2.59. The van der Waals surface area contributed by atoms with Crippen LogP contribution in [0, 0.1) is 0 Å². The van der Waals surface area contributed by atoms with Gasteiger partial charge in [-0.15, -0.1) is 11.6 Å². The van der Waals surface area contributed by atoms with Gasteiger partial charge in [-0.1, -0.05) is 13.0 Å². The number of hydrogen-bond acceptors (Lipinski definition) is 2. The van der Waals surface area contributed by atoms with Crippen LogP contribution in [-0.4, -0.2) is 19.4 Å². The van der Waals surface area contributed by atoms with Crippen LogP contribution < -0.4 is 9.47 Å². The van der Waals surface area contributed by atoms with E-state index in [1.807, 2.05) is 6.92 Å². The molecule has 1 aromatic rings. The van der Waals surface area contributed by atoms with E-state index in [4.69, 9.17) is 21.1 Å². The summed E-state index contributed by atoms with van der Waals surface area (Å²) in [5.74, 6) is 1.08. The van der Waals surface area contributed by atoms with E-state index < -0.39 is 19.2 Å². The van der Waals surface area contributed by atoms with Gasteiger partial charge in [0, 0.05) is 11.6 Å². The van der Waals surface area contributed by atoms with E-state index in [1.54, 1.807) is 18.2 Å². The lowest BCUT2D eigenvalue weighted by atomic mass is 10.2. The third kappa shape index (κ3) is 6.05. The molecule has 2 nitrogen and oxygen atoms in total. The number of alkyl halides is 4. The predicted octanol–water partition coefficient (Wildman–Crippen LogP) is 4.55. The zero-order valence-corrected chi connectivity index (χ0v) is 11.4. The lowest BCUT2D eigenvalue weighted by Crippen LogP contribution is -2.13. The highest BCUT2D eigenvalue weighted by molar-refractivity contribution is 6.17. The van der Waals surface area contributed by atoms with Crippen LogP contribution in [0.15, 0.2) is 18.2 Å². The maximum atomic E-state index is 12.1. The Morgan fingerprint density at radius 3 is 2.47 bits per heavy atom. The van der Waals surface area contributed by atoms with Crippen LogP contribution >= 0.6 is 11.6 Å². The molecule has 0 N–H and O–H groups in total. The fraction of sp³-hybridized carbons (Fsp3) is 0.538. The molecule has 0 saturated carbocycles. The van der Waals surface area contributed by atoms with Gasteiger partial charge in [-0.3, -0.25) is 0 Å². The first-order chi connectivity index (χ1) is 8.96. The van der Waals surface area contributed by atoms with E-state index >= 15 is 0 Å². The second kappa shape index (κ2) is 7.48. The first kappa shape index (κ1) is 16.0. The van der Waals surface area contributed by atoms with Crippen LogP contribution in [0.25, 0.3) is 0 Å². The molecular weight excluding hydrogens is 281 g/mol. The lowest BCUT2D eigenvalue weighted by Gasteiger charge is -2.13. The Morgan fingerprint density at radius 1 is 1.16 bits per heavy atom. The first-order valence-electron chi connectivity index (χ1n) is 5.97. The van der Waals surface area contributed by atoms with Crippen LogP contribution in [0.5, 0.6) is 11.5 Å². The molecule has 0 radical (unpaired) electrons. The first-order valence-corrected chi connectivity index (χ1v) is 6.51. The Bertz CT molecular complexity index is 394. The van der Waals surface area contributed by atoms with Crippen molar-refractivity contribution in [3.63, 3.8) is 0 Å². The van der Waals surface area contributed by atoms with Crippen molar-refractivity contribution in [1.82, 2.24) is 0 Å². The maximum Gasteiger partial charge on any atom is 0.392 e. The van der Waals surface area contributed by atoms with Gasteiger partial charge in [0.25, 0.3) is 0 Å². The van der Waals surface area contributed by atoms with Gasteiger partial charge in [0.15, 0.2) is 0 Å². The van der Waals surface area contributed by atoms with Crippen molar-refractivity contribution in [3.05, 3.63) is 23.8 Å². The Labute approximate surface area is 115 Å². The molecule has 0 aliphatic rings. The van der Waals surface area contributed by atoms with Gasteiger partial charge in [0.2, 0.25) is 0 Å². The van der Waals surface area contributed by atoms with E-state index in [0.717, 1.165) is 6.42 Å². The minimum absolute atomic E-state index is 0.176. The van der Waals surface area contributed by atoms with Crippen LogP contribution in [0.4, 0.5) is 13.2 Å². The van der Waals surface area contributed by atoms with E-state index in [0.29, 0.717) is 23.7 Å². The van der Waals surface area contributed by atoms with Crippen LogP contribution in [0.1, 0.15) is 25.3 Å². The summed E-state index contributed by atoms with van der Waals surface area (Å²) in [4.78, 5) is 0. The van der Waals surface area contributed by atoms with E-state index in [9.17, 15) is 13.2 Å². The summed E-state index contributed by atoms with van der Waals surface area (Å²) < 4.78 is 46.7. The van der Waals surface area contributed by atoms with Gasteiger partial charge in [0.05, 0.1) is 25.5 Å². The molecule has 0 atom stereocenters. The molecule has 6 heteroatoms. The molecule has 1 rings (SSSR count). The monoisotopic (exact) mass is 296 g/mol. The molecule has 0 aromatic heterocycles. The second-order valence-electron chi connectivity index (χ2n) is 3.97. The van der Waals surface area contributed by atoms with Crippen molar-refractivity contribution in [2.24, 2.45) is 0 Å². The average molecular weight is 297 g/mol. The molecule has 0 amide bonds. The topological polar surface area (TPSA) is 18.5 Å². The average Bonchev–Trinajstić information content (AvgIpc) is 2.35. The summed E-state index contributed by atoms with van der Waals surface area (Å²) >= 11 is 5.71. The zero-order chi connectivity index (χ0) is 14.3. The van der Waals surface area contributed by atoms with E-state index in [-0.39, 0.29) is 5.88 Å². The summed E-state index contributed by atoms with van der Waals surface area (Å²) in [6, 6.07) is 4.99. The third-order valence-electron chi connectivity index (χ3n) is 2.30. The summed E-state index contributed by atoms with van der Waals surface area (Å²) in [5, 5.41) is 0. The summed E-state index contributed by atoms with van der Waals surface area (Å²) in [6.07, 6.45) is -4.37. The predicted molar refractivity (Wildman–Crippen MR) is 68.0 cm³/mol. The number of rotatable bonds is 7. The number of benzene rings is 1. The summed E-state index contributed by atoms with van der Waals surface area (Å²) in [7, 11) is 0. The quantitative estimate of drug-likeness (QED) is 0.688. The maximum absolute atomic E-state index is 12.1. The normalized spacial score (nSPS) is 11.4. The smallest absolute Gasteiger partial charge is 0.392 e. The largest absolute Gasteiger partial charge is 0.493 e. The van der Waals surface area contributed by atoms with Gasteiger partial charge in [-0.25, -0.2) is 0 Å². The Kier molecular flexibility index (Phi) is 6.28. The van der Waals surface area contributed by atoms with E-state index in [2.05, 4.69) is 0 Å². The molecule has 1 aromatic carbocycles. The van der Waals surface area contributed by atoms with Crippen molar-refractivity contribution in [2.75, 3.05) is 13.2 Å². The molecule has 0 aliphatic carbocycles. The Balaban J connectivity index is 2.67. The molecule has 0 bridgehead atoms. The molecule has 0 aliphatic heterocycles. The highest BCUT2D eigenvalue weighted by Crippen LogP contribution is 2.28. The highest BCUT2D eigenvalue weighted by atomic mass is 35.5. The van der Waals surface area contributed by atoms with Crippen LogP contribution in [-0.2, 0) is 5.88 Å². The van der Waals surface area contributed by atoms with Crippen molar-refractivity contribution < 1.29 is 22.6 Å². The number of hydrogen-bond donors (Lipinski definition) is 0. The molecular formula is C13H16ClF3O2. The van der Waals surface area contributed by atoms with Crippen LogP contribution in [0.2, 0.25) is 0 Å². The molecule has 19 heavy (non-hydrogen) atoms. The number of halogens is 4. The minimum Gasteiger partial charge on any atom is -0.493 e. The summed E-state index contributed by atoms with van der Waals surface area (Å²) in [5.41, 5.74) is 0.646. The van der Waals surface area contributed by atoms with Gasteiger partial charge in [-0.2, -0.15) is 13.2 Å². The standard InChI is InChI=1S/C13H16ClF3O2/c1-2-6-18-11-4-3-10(9-14)12(8-11)19-7-5-13(15,16)17/h3-4,8H,2,5-7,9H2,1H3. The van der Waals surface area contributed by atoms with E-state index in [1.165, 1.54) is 0 Å². The summed E-state index contributed by atoms with van der Waals surface area (Å²) in [6.45, 7) is 2.08. The van der Waals surface area contributed by atoms with Gasteiger partial charge in [0.1, 0.15) is 11.5 Å². The molecule has 0 saturated heterocycles. The van der Waals surface area contributed by atoms with Gasteiger partial charge < -0.3 is 9.47 Å². The zero-order valence-electron chi connectivity index (χ0n) is 10.6. The van der Waals surface area contributed by atoms with Gasteiger partial charge >= 0.3 is 6.18 Å². The molecule has 0 heterocycles. The highest BCUT2D eigenvalue weighted by Gasteiger charge is 2.27. The molecule has 0 spiro atoms. The second-order valence-corrected chi connectivity index (χ2v) is 4.23. The SMILES string of the molecule is CCCOc1ccc(CCl)c(OCCC(F)(F)F)c1. The Morgan fingerprint density at radius 2 is 1.89 bits per heavy atom. The van der Waals surface area contributed by atoms with Crippen molar-refractivity contribution in [3.8, 4) is 11.5 Å². The molecule has 108 valence electrons. The molecule has 0 unspecified atom stereocenters. The molecule has 0 fully saturated rings. The van der Waals surface area contributed by atoms with Crippen molar-refractivity contribution in [1.29, 1.82) is 0 Å². The fourth-order valence-electron chi connectivity index (χ4n) is 1.37. The fourth-order valence-corrected chi connectivity index (χ4v) is 1.59. The Hall–Kier alpha value is -1.10. The van der Waals surface area contributed by atoms with Crippen molar-refractivity contribution >= 4 is 11.6 Å². The number of ether oxygens (including phenoxy) is 2. The van der Waals surface area contributed by atoms with Crippen molar-refractivity contribution in [2.45, 2.75) is 31.8 Å². The minimum atomic E-state index is -4.22. The lowest BCUT2D eigenvalue weighted by molar-refractivity contribution is -0.139.